The predicted octanol–water partition coefficient (Wildman–Crippen LogP) is 4.52. The Kier molecular flexibility index (Phi) is 5.30. The summed E-state index contributed by atoms with van der Waals surface area (Å²) in [6, 6.07) is 15.8. The lowest BCUT2D eigenvalue weighted by molar-refractivity contribution is 0.478. The monoisotopic (exact) mass is 352 g/mol. The third-order valence-electron chi connectivity index (χ3n) is 3.65. The van der Waals surface area contributed by atoms with Crippen LogP contribution in [-0.2, 0) is 6.54 Å². The lowest BCUT2D eigenvalue weighted by atomic mass is 10.2. The van der Waals surface area contributed by atoms with E-state index in [-0.39, 0.29) is 0 Å². The summed E-state index contributed by atoms with van der Waals surface area (Å²) in [6.45, 7) is 4.52. The first kappa shape index (κ1) is 17.0. The minimum atomic E-state index is 0.524. The molecule has 128 valence electrons. The molecule has 0 aliphatic carbocycles. The zero-order valence-corrected chi connectivity index (χ0v) is 15.0. The molecule has 0 saturated heterocycles. The maximum Gasteiger partial charge on any atom is 0.171 e. The van der Waals surface area contributed by atoms with Gasteiger partial charge in [0.05, 0.1) is 18.4 Å². The Morgan fingerprint density at radius 2 is 1.92 bits per heavy atom. The highest BCUT2D eigenvalue weighted by molar-refractivity contribution is 7.80. The van der Waals surface area contributed by atoms with E-state index in [1.54, 1.807) is 6.20 Å². The van der Waals surface area contributed by atoms with Crippen LogP contribution in [0.5, 0.6) is 0 Å². The first-order chi connectivity index (χ1) is 12.1. The highest BCUT2D eigenvalue weighted by atomic mass is 32.1. The highest BCUT2D eigenvalue weighted by Gasteiger charge is 2.03. The Balaban J connectivity index is 1.53. The van der Waals surface area contributed by atoms with E-state index in [9.17, 15) is 0 Å². The molecule has 0 atom stereocenters. The molecule has 2 heterocycles. The number of furan rings is 1. The van der Waals surface area contributed by atoms with Crippen LogP contribution in [0.4, 0.5) is 17.2 Å². The number of nitrogens with one attached hydrogen (secondary N) is 3. The number of hydrogen-bond donors (Lipinski definition) is 3. The van der Waals surface area contributed by atoms with E-state index in [4.69, 9.17) is 16.6 Å². The van der Waals surface area contributed by atoms with Crippen molar-refractivity contribution in [2.45, 2.75) is 20.4 Å². The highest BCUT2D eigenvalue weighted by Crippen LogP contribution is 2.19. The van der Waals surface area contributed by atoms with Crippen LogP contribution in [0, 0.1) is 13.8 Å². The summed E-state index contributed by atoms with van der Waals surface area (Å²) in [5, 5.41) is 10.0. The SMILES string of the molecule is Cc1ccc(CNC(=S)Nc2ccc(Nc3ccccc3C)nc2)o1. The fourth-order valence-electron chi connectivity index (χ4n) is 2.32. The molecular formula is C19H20N4OS. The second kappa shape index (κ2) is 7.81. The molecule has 6 heteroatoms. The molecule has 0 unspecified atom stereocenters. The summed E-state index contributed by atoms with van der Waals surface area (Å²) in [7, 11) is 0. The van der Waals surface area contributed by atoms with Gasteiger partial charge in [0.15, 0.2) is 5.11 Å². The van der Waals surface area contributed by atoms with Crippen LogP contribution >= 0.6 is 12.2 Å². The Labute approximate surface area is 152 Å². The van der Waals surface area contributed by atoms with Gasteiger partial charge >= 0.3 is 0 Å². The van der Waals surface area contributed by atoms with E-state index in [2.05, 4.69) is 33.9 Å². The van der Waals surface area contributed by atoms with Crippen molar-refractivity contribution in [1.29, 1.82) is 0 Å². The van der Waals surface area contributed by atoms with Crippen molar-refractivity contribution in [3.8, 4) is 0 Å². The van der Waals surface area contributed by atoms with Gasteiger partial charge in [0.25, 0.3) is 0 Å². The van der Waals surface area contributed by atoms with Crippen LogP contribution in [0.1, 0.15) is 17.1 Å². The molecule has 3 N–H and O–H groups in total. The molecule has 0 fully saturated rings. The van der Waals surface area contributed by atoms with Crippen molar-refractivity contribution in [2.24, 2.45) is 0 Å². The topological polar surface area (TPSA) is 62.1 Å². The molecule has 0 bridgehead atoms. The number of thiocarbonyl (C=S) groups is 1. The van der Waals surface area contributed by atoms with Crippen LogP contribution in [0.15, 0.2) is 59.1 Å². The molecule has 1 aromatic carbocycles. The zero-order chi connectivity index (χ0) is 17.6. The molecule has 3 aromatic rings. The Hall–Kier alpha value is -2.86. The second-order valence-corrected chi connectivity index (χ2v) is 6.10. The lowest BCUT2D eigenvalue weighted by Crippen LogP contribution is -2.27. The van der Waals surface area contributed by atoms with Crippen LogP contribution in [-0.4, -0.2) is 10.1 Å². The van der Waals surface area contributed by atoms with Gasteiger partial charge in [-0.3, -0.25) is 0 Å². The fraction of sp³-hybridized carbons (Fsp3) is 0.158. The van der Waals surface area contributed by atoms with E-state index in [0.717, 1.165) is 28.7 Å². The normalized spacial score (nSPS) is 10.3. The summed E-state index contributed by atoms with van der Waals surface area (Å²) < 4.78 is 5.50. The lowest BCUT2D eigenvalue weighted by Gasteiger charge is -2.11. The number of nitrogens with zero attached hydrogens (tertiary/aromatic N) is 1. The van der Waals surface area contributed by atoms with Crippen molar-refractivity contribution in [2.75, 3.05) is 10.6 Å². The summed E-state index contributed by atoms with van der Waals surface area (Å²) in [4.78, 5) is 4.41. The molecule has 0 spiro atoms. The van der Waals surface area contributed by atoms with E-state index >= 15 is 0 Å². The molecule has 25 heavy (non-hydrogen) atoms. The van der Waals surface area contributed by atoms with E-state index in [0.29, 0.717) is 11.7 Å². The number of benzene rings is 1. The van der Waals surface area contributed by atoms with Gasteiger partial charge in [-0.1, -0.05) is 18.2 Å². The molecule has 0 saturated carbocycles. The second-order valence-electron chi connectivity index (χ2n) is 5.69. The number of anilines is 3. The third kappa shape index (κ3) is 4.81. The van der Waals surface area contributed by atoms with Gasteiger partial charge in [0.1, 0.15) is 17.3 Å². The van der Waals surface area contributed by atoms with Crippen molar-refractivity contribution >= 4 is 34.5 Å². The maximum absolute atomic E-state index is 5.50. The summed E-state index contributed by atoms with van der Waals surface area (Å²) >= 11 is 5.29. The first-order valence-electron chi connectivity index (χ1n) is 7.99. The standard InChI is InChI=1S/C19H20N4OS/c1-13-5-3-4-6-17(13)23-18-10-8-15(11-20-18)22-19(25)21-12-16-9-7-14(2)24-16/h3-11H,12H2,1-2H3,(H,20,23)(H2,21,22,25). The van der Waals surface area contributed by atoms with E-state index < -0.39 is 0 Å². The molecule has 0 aliphatic rings. The predicted molar refractivity (Wildman–Crippen MR) is 105 cm³/mol. The minimum absolute atomic E-state index is 0.524. The van der Waals surface area contributed by atoms with Gasteiger partial charge < -0.3 is 20.4 Å². The van der Waals surface area contributed by atoms with Crippen molar-refractivity contribution in [3.63, 3.8) is 0 Å². The summed E-state index contributed by atoms with van der Waals surface area (Å²) in [5.41, 5.74) is 3.04. The van der Waals surface area contributed by atoms with Crippen LogP contribution in [0.25, 0.3) is 0 Å². The molecule has 0 radical (unpaired) electrons. The summed E-state index contributed by atoms with van der Waals surface area (Å²) in [5.74, 6) is 2.51. The fourth-order valence-corrected chi connectivity index (χ4v) is 2.51. The molecule has 0 aliphatic heterocycles. The summed E-state index contributed by atoms with van der Waals surface area (Å²) in [6.07, 6.45) is 1.74. The number of para-hydroxylation sites is 1. The number of pyridine rings is 1. The average molecular weight is 352 g/mol. The van der Waals surface area contributed by atoms with Crippen LogP contribution < -0.4 is 16.0 Å². The maximum atomic E-state index is 5.50. The van der Waals surface area contributed by atoms with E-state index in [1.807, 2.05) is 49.4 Å². The number of hydrogen-bond acceptors (Lipinski definition) is 4. The van der Waals surface area contributed by atoms with Gasteiger partial charge in [-0.05, 0) is 62.0 Å². The Bertz CT molecular complexity index is 858. The molecular weight excluding hydrogens is 332 g/mol. The van der Waals surface area contributed by atoms with Gasteiger partial charge in [-0.2, -0.15) is 0 Å². The largest absolute Gasteiger partial charge is 0.465 e. The zero-order valence-electron chi connectivity index (χ0n) is 14.2. The minimum Gasteiger partial charge on any atom is -0.465 e. The first-order valence-corrected chi connectivity index (χ1v) is 8.40. The molecule has 0 amide bonds. The van der Waals surface area contributed by atoms with E-state index in [1.165, 1.54) is 5.56 Å². The molecule has 5 nitrogen and oxygen atoms in total. The van der Waals surface area contributed by atoms with Gasteiger partial charge in [-0.15, -0.1) is 0 Å². The van der Waals surface area contributed by atoms with Gasteiger partial charge in [0.2, 0.25) is 0 Å². The van der Waals surface area contributed by atoms with Gasteiger partial charge in [-0.25, -0.2) is 4.98 Å². The molecule has 3 rings (SSSR count). The Morgan fingerprint density at radius 3 is 2.60 bits per heavy atom. The van der Waals surface area contributed by atoms with Gasteiger partial charge in [0, 0.05) is 5.69 Å². The molecule has 2 aromatic heterocycles. The number of aryl methyl sites for hydroxylation is 2. The van der Waals surface area contributed by atoms with Crippen molar-refractivity contribution in [3.05, 3.63) is 71.8 Å². The third-order valence-corrected chi connectivity index (χ3v) is 3.89. The van der Waals surface area contributed by atoms with Crippen LogP contribution in [0.3, 0.4) is 0 Å². The van der Waals surface area contributed by atoms with Crippen molar-refractivity contribution in [1.82, 2.24) is 10.3 Å². The average Bonchev–Trinajstić information content (AvgIpc) is 3.02. The smallest absolute Gasteiger partial charge is 0.171 e. The number of rotatable bonds is 5. The van der Waals surface area contributed by atoms with Crippen LogP contribution in [0.2, 0.25) is 0 Å². The van der Waals surface area contributed by atoms with Crippen molar-refractivity contribution < 1.29 is 4.42 Å². The number of aromatic nitrogens is 1. The quantitative estimate of drug-likeness (QED) is 0.587. The Morgan fingerprint density at radius 1 is 1.08 bits per heavy atom.